The molecule has 1 aliphatic carbocycles. The van der Waals surface area contributed by atoms with E-state index in [0.29, 0.717) is 18.3 Å². The van der Waals surface area contributed by atoms with E-state index in [4.69, 9.17) is 19.8 Å². The first kappa shape index (κ1) is 26.0. The van der Waals surface area contributed by atoms with Crippen LogP contribution in [-0.4, -0.2) is 30.4 Å². The molecule has 0 unspecified atom stereocenters. The van der Waals surface area contributed by atoms with Crippen LogP contribution in [-0.2, 0) is 13.0 Å². The molecule has 1 fully saturated rings. The van der Waals surface area contributed by atoms with Gasteiger partial charge < -0.3 is 19.0 Å². The monoisotopic (exact) mass is 556 g/mol. The molecular formula is C35H32N4O3. The van der Waals surface area contributed by atoms with Crippen molar-refractivity contribution in [2.75, 3.05) is 0 Å². The van der Waals surface area contributed by atoms with Gasteiger partial charge in [0.2, 0.25) is 0 Å². The molecule has 1 saturated carbocycles. The molecule has 1 aliphatic rings. The molecule has 2 heterocycles. The Labute approximate surface area is 244 Å². The third kappa shape index (κ3) is 4.71. The molecule has 0 saturated heterocycles. The number of hydrogen-bond donors (Lipinski definition) is 1. The summed E-state index contributed by atoms with van der Waals surface area (Å²) in [6, 6.07) is 28.9. The lowest BCUT2D eigenvalue weighted by molar-refractivity contribution is 0.144. The standard InChI is InChI=1S/C35H32N4O3/c1-3-8-32-37-33-22(2)19-25(34-36-28-10-5-6-11-29(28)39(34)26-17-18-26)20-30(33)38(32)21-23-13-15-24(16-14-23)27-9-4-7-12-31(27)42-35(40)41/h4-7,9-16,19-20,26H,3,8,17-18,21H2,1-2H3,(H,40,41). The largest absolute Gasteiger partial charge is 0.511 e. The minimum Gasteiger partial charge on any atom is -0.449 e. The second kappa shape index (κ2) is 10.5. The molecule has 7 nitrogen and oxygen atoms in total. The van der Waals surface area contributed by atoms with E-state index < -0.39 is 6.16 Å². The van der Waals surface area contributed by atoms with Crippen LogP contribution < -0.4 is 4.74 Å². The van der Waals surface area contributed by atoms with Gasteiger partial charge in [0, 0.05) is 30.1 Å². The number of ether oxygens (including phenoxy) is 1. The Morgan fingerprint density at radius 2 is 1.69 bits per heavy atom. The predicted octanol–water partition coefficient (Wildman–Crippen LogP) is 8.42. The Bertz CT molecular complexity index is 1950. The number of carboxylic acid groups (broad SMARTS) is 1. The van der Waals surface area contributed by atoms with E-state index in [1.165, 1.54) is 18.4 Å². The second-order valence-electron chi connectivity index (χ2n) is 11.1. The summed E-state index contributed by atoms with van der Waals surface area (Å²) >= 11 is 0. The maximum Gasteiger partial charge on any atom is 0.511 e. The number of imidazole rings is 2. The molecule has 0 atom stereocenters. The van der Waals surface area contributed by atoms with Crippen molar-refractivity contribution < 1.29 is 14.6 Å². The van der Waals surface area contributed by atoms with Crippen LogP contribution in [0, 0.1) is 6.92 Å². The Balaban J connectivity index is 1.29. The molecule has 0 amide bonds. The van der Waals surface area contributed by atoms with E-state index in [2.05, 4.69) is 71.5 Å². The zero-order valence-electron chi connectivity index (χ0n) is 23.7. The van der Waals surface area contributed by atoms with Gasteiger partial charge in [0.1, 0.15) is 17.4 Å². The molecule has 7 rings (SSSR count). The van der Waals surface area contributed by atoms with Gasteiger partial charge in [0.05, 0.1) is 22.1 Å². The summed E-state index contributed by atoms with van der Waals surface area (Å²) in [6.07, 6.45) is 2.96. The summed E-state index contributed by atoms with van der Waals surface area (Å²) in [5.74, 6) is 2.43. The average molecular weight is 557 g/mol. The first-order chi connectivity index (χ1) is 20.5. The van der Waals surface area contributed by atoms with Crippen molar-refractivity contribution in [2.45, 2.75) is 52.1 Å². The number of benzene rings is 4. The molecule has 0 bridgehead atoms. The van der Waals surface area contributed by atoms with Gasteiger partial charge in [-0.1, -0.05) is 61.5 Å². The number of rotatable bonds is 8. The van der Waals surface area contributed by atoms with Crippen LogP contribution in [0.5, 0.6) is 5.75 Å². The summed E-state index contributed by atoms with van der Waals surface area (Å²) in [6.45, 7) is 5.02. The maximum atomic E-state index is 11.2. The van der Waals surface area contributed by atoms with Crippen LogP contribution >= 0.6 is 0 Å². The van der Waals surface area contributed by atoms with Crippen molar-refractivity contribution in [3.63, 3.8) is 0 Å². The summed E-state index contributed by atoms with van der Waals surface area (Å²) < 4.78 is 9.78. The van der Waals surface area contributed by atoms with Crippen LogP contribution in [0.3, 0.4) is 0 Å². The minimum absolute atomic E-state index is 0.323. The quantitative estimate of drug-likeness (QED) is 0.150. The molecule has 0 aliphatic heterocycles. The van der Waals surface area contributed by atoms with Gasteiger partial charge in [-0.2, -0.15) is 0 Å². The van der Waals surface area contributed by atoms with Crippen LogP contribution in [0.4, 0.5) is 4.79 Å². The highest BCUT2D eigenvalue weighted by molar-refractivity contribution is 5.87. The molecular weight excluding hydrogens is 524 g/mol. The second-order valence-corrected chi connectivity index (χ2v) is 11.1. The van der Waals surface area contributed by atoms with E-state index >= 15 is 0 Å². The molecule has 7 heteroatoms. The Morgan fingerprint density at radius 1 is 0.929 bits per heavy atom. The number of hydrogen-bond acceptors (Lipinski definition) is 4. The summed E-state index contributed by atoms with van der Waals surface area (Å²) in [5.41, 5.74) is 9.44. The van der Waals surface area contributed by atoms with Crippen LogP contribution in [0.1, 0.15) is 49.2 Å². The first-order valence-corrected chi connectivity index (χ1v) is 14.6. The van der Waals surface area contributed by atoms with Crippen molar-refractivity contribution in [3.8, 4) is 28.3 Å². The fourth-order valence-electron chi connectivity index (χ4n) is 5.97. The number of aryl methyl sites for hydroxylation is 2. The Hall–Kier alpha value is -4.91. The smallest absolute Gasteiger partial charge is 0.449 e. The van der Waals surface area contributed by atoms with Crippen molar-refractivity contribution >= 4 is 28.2 Å². The Kier molecular flexibility index (Phi) is 6.50. The van der Waals surface area contributed by atoms with Crippen LogP contribution in [0.25, 0.3) is 44.6 Å². The molecule has 4 aromatic carbocycles. The van der Waals surface area contributed by atoms with E-state index in [1.54, 1.807) is 12.1 Å². The predicted molar refractivity (Wildman–Crippen MR) is 165 cm³/mol. The highest BCUT2D eigenvalue weighted by Crippen LogP contribution is 2.42. The lowest BCUT2D eigenvalue weighted by Gasteiger charge is -2.13. The van der Waals surface area contributed by atoms with Crippen molar-refractivity contribution in [3.05, 3.63) is 102 Å². The van der Waals surface area contributed by atoms with Gasteiger partial charge in [-0.15, -0.1) is 0 Å². The SMILES string of the molecule is CCCc1nc2c(C)cc(-c3nc4ccccc4n3C3CC3)cc2n1Cc1ccc(-c2ccccc2OC(=O)O)cc1. The van der Waals surface area contributed by atoms with Crippen molar-refractivity contribution in [1.29, 1.82) is 0 Å². The summed E-state index contributed by atoms with van der Waals surface area (Å²) in [7, 11) is 0. The lowest BCUT2D eigenvalue weighted by atomic mass is 10.0. The van der Waals surface area contributed by atoms with E-state index in [9.17, 15) is 4.79 Å². The van der Waals surface area contributed by atoms with Crippen molar-refractivity contribution in [2.24, 2.45) is 0 Å². The number of nitrogens with zero attached hydrogens (tertiary/aromatic N) is 4. The van der Waals surface area contributed by atoms with E-state index in [-0.39, 0.29) is 0 Å². The molecule has 0 spiro atoms. The van der Waals surface area contributed by atoms with Gasteiger partial charge >= 0.3 is 6.16 Å². The highest BCUT2D eigenvalue weighted by atomic mass is 16.7. The van der Waals surface area contributed by atoms with E-state index in [0.717, 1.165) is 68.9 Å². The zero-order valence-corrected chi connectivity index (χ0v) is 23.7. The Morgan fingerprint density at radius 3 is 2.45 bits per heavy atom. The number of aromatic nitrogens is 4. The molecule has 2 aromatic heterocycles. The lowest BCUT2D eigenvalue weighted by Crippen LogP contribution is -2.06. The van der Waals surface area contributed by atoms with Crippen LogP contribution in [0.15, 0.2) is 84.9 Å². The van der Waals surface area contributed by atoms with Crippen molar-refractivity contribution in [1.82, 2.24) is 19.1 Å². The fourth-order valence-corrected chi connectivity index (χ4v) is 5.97. The number of fused-ring (bicyclic) bond motifs is 2. The van der Waals surface area contributed by atoms with Gasteiger partial charge in [0.15, 0.2) is 0 Å². The molecule has 210 valence electrons. The fraction of sp³-hybridized carbons (Fsp3) is 0.229. The average Bonchev–Trinajstić information content (AvgIpc) is 3.67. The normalized spacial score (nSPS) is 13.2. The van der Waals surface area contributed by atoms with Gasteiger partial charge in [0.25, 0.3) is 0 Å². The first-order valence-electron chi connectivity index (χ1n) is 14.6. The molecule has 42 heavy (non-hydrogen) atoms. The number of carbonyl (C=O) groups is 1. The molecule has 0 radical (unpaired) electrons. The van der Waals surface area contributed by atoms with Gasteiger partial charge in [-0.05, 0) is 73.2 Å². The maximum absolute atomic E-state index is 11.2. The van der Waals surface area contributed by atoms with Gasteiger partial charge in [-0.3, -0.25) is 0 Å². The van der Waals surface area contributed by atoms with E-state index in [1.807, 2.05) is 24.3 Å². The molecule has 6 aromatic rings. The van der Waals surface area contributed by atoms with Crippen LogP contribution in [0.2, 0.25) is 0 Å². The summed E-state index contributed by atoms with van der Waals surface area (Å²) in [4.78, 5) is 21.4. The zero-order chi connectivity index (χ0) is 28.8. The third-order valence-corrected chi connectivity index (χ3v) is 8.05. The number of para-hydroxylation sites is 3. The third-order valence-electron chi connectivity index (χ3n) is 8.05. The van der Waals surface area contributed by atoms with Gasteiger partial charge in [-0.25, -0.2) is 14.8 Å². The minimum atomic E-state index is -1.32. The molecule has 1 N–H and O–H groups in total. The highest BCUT2D eigenvalue weighted by Gasteiger charge is 2.29. The topological polar surface area (TPSA) is 82.2 Å². The summed E-state index contributed by atoms with van der Waals surface area (Å²) in [5, 5.41) is 9.14.